The van der Waals surface area contributed by atoms with Gasteiger partial charge in [-0.2, -0.15) is 10.2 Å². The Morgan fingerprint density at radius 3 is 2.90 bits per heavy atom. The monoisotopic (exact) mass is 305 g/mol. The van der Waals surface area contributed by atoms with E-state index in [0.717, 1.165) is 4.88 Å². The third-order valence-electron chi connectivity index (χ3n) is 3.48. The van der Waals surface area contributed by atoms with Crippen molar-refractivity contribution in [1.82, 2.24) is 10.1 Å². The molecule has 2 aromatic heterocycles. The first-order valence-corrected chi connectivity index (χ1v) is 7.65. The van der Waals surface area contributed by atoms with Crippen molar-refractivity contribution in [2.45, 2.75) is 25.4 Å². The molecule has 0 atom stereocenters. The van der Waals surface area contributed by atoms with Gasteiger partial charge in [-0.3, -0.25) is 0 Å². The molecule has 1 aliphatic heterocycles. The lowest BCUT2D eigenvalue weighted by atomic mass is 9.93. The molecule has 1 saturated heterocycles. The molecule has 0 amide bonds. The number of ether oxygens (including phenoxy) is 2. The molecule has 21 heavy (non-hydrogen) atoms. The van der Waals surface area contributed by atoms with Gasteiger partial charge in [-0.15, -0.1) is 11.3 Å². The van der Waals surface area contributed by atoms with Crippen LogP contribution in [0.15, 0.2) is 16.7 Å². The molecule has 110 valence electrons. The van der Waals surface area contributed by atoms with Crippen molar-refractivity contribution in [1.29, 1.82) is 5.26 Å². The summed E-state index contributed by atoms with van der Waals surface area (Å²) in [5.41, 5.74) is -0.524. The van der Waals surface area contributed by atoms with Crippen molar-refractivity contribution in [2.75, 3.05) is 19.8 Å². The van der Waals surface area contributed by atoms with E-state index in [2.05, 4.69) is 16.2 Å². The summed E-state index contributed by atoms with van der Waals surface area (Å²) >= 11 is 1.34. The number of hydrogen-bond donors (Lipinski definition) is 0. The fourth-order valence-electron chi connectivity index (χ4n) is 2.43. The zero-order chi connectivity index (χ0) is 14.7. The van der Waals surface area contributed by atoms with Crippen molar-refractivity contribution in [3.05, 3.63) is 22.8 Å². The van der Waals surface area contributed by atoms with Gasteiger partial charge in [-0.1, -0.05) is 5.16 Å². The van der Waals surface area contributed by atoms with Crippen LogP contribution in [-0.2, 0) is 15.1 Å². The number of nitrogens with zero attached hydrogens (tertiary/aromatic N) is 3. The summed E-state index contributed by atoms with van der Waals surface area (Å²) in [6.45, 7) is 3.79. The second-order valence-corrected chi connectivity index (χ2v) is 5.82. The fraction of sp³-hybridized carbons (Fsp3) is 0.500. The Morgan fingerprint density at radius 1 is 1.43 bits per heavy atom. The van der Waals surface area contributed by atoms with Crippen LogP contribution in [0.3, 0.4) is 0 Å². The van der Waals surface area contributed by atoms with E-state index in [9.17, 15) is 0 Å². The second kappa shape index (κ2) is 5.93. The normalized spacial score (nSPS) is 17.5. The largest absolute Gasteiger partial charge is 0.381 e. The number of aromatic nitrogens is 2. The lowest BCUT2D eigenvalue weighted by Gasteiger charge is -2.33. The molecule has 0 aromatic carbocycles. The standard InChI is InChI=1S/C14H15N3O3S/c1-2-19-14(5-7-18-8-6-14)13-16-12(20-17-13)11-4-3-10(9-15)21-11/h3-4H,2,5-8H2,1H3. The van der Waals surface area contributed by atoms with Gasteiger partial charge in [0.1, 0.15) is 16.5 Å². The smallest absolute Gasteiger partial charge is 0.268 e. The Bertz CT molecular complexity index is 647. The molecule has 0 unspecified atom stereocenters. The quantitative estimate of drug-likeness (QED) is 0.864. The number of thiophene rings is 1. The van der Waals surface area contributed by atoms with Crippen molar-refractivity contribution < 1.29 is 14.0 Å². The molecule has 0 aliphatic carbocycles. The highest BCUT2D eigenvalue weighted by atomic mass is 32.1. The van der Waals surface area contributed by atoms with Crippen LogP contribution >= 0.6 is 11.3 Å². The molecule has 0 spiro atoms. The Morgan fingerprint density at radius 2 is 2.24 bits per heavy atom. The van der Waals surface area contributed by atoms with E-state index < -0.39 is 5.60 Å². The third kappa shape index (κ3) is 2.70. The van der Waals surface area contributed by atoms with Crippen LogP contribution in [0, 0.1) is 11.3 Å². The molecule has 3 heterocycles. The van der Waals surface area contributed by atoms with Gasteiger partial charge in [0.25, 0.3) is 5.89 Å². The molecule has 1 aliphatic rings. The summed E-state index contributed by atoms with van der Waals surface area (Å²) in [7, 11) is 0. The number of nitriles is 1. The van der Waals surface area contributed by atoms with Crippen LogP contribution in [0.4, 0.5) is 0 Å². The second-order valence-electron chi connectivity index (χ2n) is 4.74. The highest BCUT2D eigenvalue weighted by Crippen LogP contribution is 2.36. The van der Waals surface area contributed by atoms with Crippen molar-refractivity contribution >= 4 is 11.3 Å². The van der Waals surface area contributed by atoms with Crippen molar-refractivity contribution in [2.24, 2.45) is 0 Å². The first-order valence-electron chi connectivity index (χ1n) is 6.83. The zero-order valence-electron chi connectivity index (χ0n) is 11.7. The Kier molecular flexibility index (Phi) is 4.01. The molecule has 0 saturated carbocycles. The zero-order valence-corrected chi connectivity index (χ0v) is 12.5. The van der Waals surface area contributed by atoms with Gasteiger partial charge in [0.15, 0.2) is 0 Å². The van der Waals surface area contributed by atoms with E-state index in [1.54, 1.807) is 6.07 Å². The highest BCUT2D eigenvalue weighted by molar-refractivity contribution is 7.15. The van der Waals surface area contributed by atoms with Gasteiger partial charge in [0.2, 0.25) is 5.82 Å². The summed E-state index contributed by atoms with van der Waals surface area (Å²) in [5, 5.41) is 13.0. The summed E-state index contributed by atoms with van der Waals surface area (Å²) in [6, 6.07) is 5.67. The van der Waals surface area contributed by atoms with Crippen LogP contribution in [0.1, 0.15) is 30.5 Å². The predicted octanol–water partition coefficient (Wildman–Crippen LogP) is 2.71. The van der Waals surface area contributed by atoms with Gasteiger partial charge in [-0.05, 0) is 19.1 Å². The molecule has 0 radical (unpaired) electrons. The Balaban J connectivity index is 1.90. The molecule has 2 aromatic rings. The maximum Gasteiger partial charge on any atom is 0.268 e. The van der Waals surface area contributed by atoms with Gasteiger partial charge in [-0.25, -0.2) is 0 Å². The maximum atomic E-state index is 8.88. The molecule has 3 rings (SSSR count). The van der Waals surface area contributed by atoms with E-state index in [-0.39, 0.29) is 0 Å². The minimum atomic E-state index is -0.524. The minimum Gasteiger partial charge on any atom is -0.381 e. The molecular formula is C14H15N3O3S. The number of hydrogen-bond acceptors (Lipinski definition) is 7. The van der Waals surface area contributed by atoms with E-state index in [1.807, 2.05) is 13.0 Å². The topological polar surface area (TPSA) is 81.2 Å². The number of rotatable bonds is 4. The molecule has 1 fully saturated rings. The summed E-state index contributed by atoms with van der Waals surface area (Å²) in [5.74, 6) is 0.997. The van der Waals surface area contributed by atoms with Crippen molar-refractivity contribution in [3.8, 4) is 16.8 Å². The maximum absolute atomic E-state index is 8.88. The van der Waals surface area contributed by atoms with E-state index in [1.165, 1.54) is 11.3 Å². The van der Waals surface area contributed by atoms with Crippen LogP contribution in [0.25, 0.3) is 10.8 Å². The molecule has 7 heteroatoms. The van der Waals surface area contributed by atoms with Crippen LogP contribution in [0.5, 0.6) is 0 Å². The van der Waals surface area contributed by atoms with Gasteiger partial charge >= 0.3 is 0 Å². The van der Waals surface area contributed by atoms with Crippen LogP contribution < -0.4 is 0 Å². The van der Waals surface area contributed by atoms with Crippen LogP contribution in [-0.4, -0.2) is 30.0 Å². The van der Waals surface area contributed by atoms with E-state index >= 15 is 0 Å². The fourth-order valence-corrected chi connectivity index (χ4v) is 3.16. The van der Waals surface area contributed by atoms with Crippen molar-refractivity contribution in [3.63, 3.8) is 0 Å². The minimum absolute atomic E-state index is 0.432. The molecule has 0 bridgehead atoms. The average Bonchev–Trinajstić information content (AvgIpc) is 3.17. The van der Waals surface area contributed by atoms with Gasteiger partial charge in [0.05, 0.1) is 4.88 Å². The summed E-state index contributed by atoms with van der Waals surface area (Å²) < 4.78 is 16.7. The first kappa shape index (κ1) is 14.2. The predicted molar refractivity (Wildman–Crippen MR) is 75.7 cm³/mol. The Hall–Kier alpha value is -1.75. The average molecular weight is 305 g/mol. The molecule has 0 N–H and O–H groups in total. The summed E-state index contributed by atoms with van der Waals surface area (Å²) in [6.07, 6.45) is 1.43. The van der Waals surface area contributed by atoms with Gasteiger partial charge in [0, 0.05) is 32.7 Å². The SMILES string of the molecule is CCOC1(c2noc(-c3ccc(C#N)s3)n2)CCOCC1. The van der Waals surface area contributed by atoms with Gasteiger partial charge < -0.3 is 14.0 Å². The lowest BCUT2D eigenvalue weighted by Crippen LogP contribution is -2.37. The highest BCUT2D eigenvalue weighted by Gasteiger charge is 2.40. The summed E-state index contributed by atoms with van der Waals surface area (Å²) in [4.78, 5) is 5.90. The van der Waals surface area contributed by atoms with E-state index in [4.69, 9.17) is 19.3 Å². The molecule has 6 nitrogen and oxygen atoms in total. The first-order chi connectivity index (χ1) is 10.3. The Labute approximate surface area is 126 Å². The third-order valence-corrected chi connectivity index (χ3v) is 4.46. The lowest BCUT2D eigenvalue weighted by molar-refractivity contribution is -0.118. The molecular weight excluding hydrogens is 290 g/mol. The van der Waals surface area contributed by atoms with E-state index in [0.29, 0.717) is 49.3 Å². The van der Waals surface area contributed by atoms with Crippen LogP contribution in [0.2, 0.25) is 0 Å².